The summed E-state index contributed by atoms with van der Waals surface area (Å²) < 4.78 is 10.7. The molecule has 1 amide bonds. The Morgan fingerprint density at radius 3 is 2.64 bits per heavy atom. The number of amides is 1. The summed E-state index contributed by atoms with van der Waals surface area (Å²) in [4.78, 5) is 17.0. The third kappa shape index (κ3) is 3.79. The van der Waals surface area contributed by atoms with Crippen LogP contribution in [-0.2, 0) is 0 Å². The molecule has 1 aromatic carbocycles. The molecular weight excluding hydrogens is 318 g/mol. The molecule has 0 spiro atoms. The van der Waals surface area contributed by atoms with Crippen LogP contribution < -0.4 is 5.32 Å². The van der Waals surface area contributed by atoms with Crippen molar-refractivity contribution >= 4 is 5.91 Å². The zero-order valence-electron chi connectivity index (χ0n) is 14.5. The monoisotopic (exact) mass is 339 g/mol. The number of carbonyl (C=O) groups excluding carboxylic acids is 1. The van der Waals surface area contributed by atoms with Crippen molar-refractivity contribution in [1.29, 1.82) is 0 Å². The fourth-order valence-corrected chi connectivity index (χ4v) is 2.48. The average molecular weight is 339 g/mol. The van der Waals surface area contributed by atoms with Crippen LogP contribution in [0.4, 0.5) is 0 Å². The molecule has 0 saturated heterocycles. The second-order valence-corrected chi connectivity index (χ2v) is 6.14. The Labute approximate surface area is 146 Å². The van der Waals surface area contributed by atoms with Gasteiger partial charge in [0.1, 0.15) is 6.04 Å². The van der Waals surface area contributed by atoms with E-state index in [4.69, 9.17) is 8.94 Å². The Morgan fingerprint density at radius 2 is 2.00 bits per heavy atom. The van der Waals surface area contributed by atoms with E-state index in [-0.39, 0.29) is 17.9 Å². The fourth-order valence-electron chi connectivity index (χ4n) is 2.48. The first-order valence-corrected chi connectivity index (χ1v) is 8.33. The first-order chi connectivity index (χ1) is 12.1. The van der Waals surface area contributed by atoms with E-state index in [2.05, 4.69) is 22.4 Å². The summed E-state index contributed by atoms with van der Waals surface area (Å²) >= 11 is 0. The van der Waals surface area contributed by atoms with E-state index >= 15 is 0 Å². The maximum atomic E-state index is 12.6. The third-order valence-corrected chi connectivity index (χ3v) is 4.26. The topological polar surface area (TPSA) is 81.2 Å². The van der Waals surface area contributed by atoms with E-state index in [9.17, 15) is 4.79 Å². The number of aryl methyl sites for hydroxylation is 1. The summed E-state index contributed by atoms with van der Waals surface area (Å²) in [6.45, 7) is 6.08. The van der Waals surface area contributed by atoms with Crippen molar-refractivity contribution in [1.82, 2.24) is 15.5 Å². The highest BCUT2D eigenvalue weighted by atomic mass is 16.5. The second kappa shape index (κ2) is 7.34. The number of benzene rings is 1. The van der Waals surface area contributed by atoms with Gasteiger partial charge >= 0.3 is 0 Å². The second-order valence-electron chi connectivity index (χ2n) is 6.14. The minimum atomic E-state index is -0.366. The van der Waals surface area contributed by atoms with Crippen LogP contribution in [0.5, 0.6) is 0 Å². The largest absolute Gasteiger partial charge is 0.461 e. The number of nitrogens with zero attached hydrogens (tertiary/aromatic N) is 2. The van der Waals surface area contributed by atoms with Crippen LogP contribution in [0.15, 0.2) is 51.6 Å². The van der Waals surface area contributed by atoms with Crippen LogP contribution in [0, 0.1) is 12.8 Å². The quantitative estimate of drug-likeness (QED) is 0.729. The van der Waals surface area contributed by atoms with E-state index in [1.807, 2.05) is 26.0 Å². The summed E-state index contributed by atoms with van der Waals surface area (Å²) in [5, 5.41) is 6.97. The van der Waals surface area contributed by atoms with Crippen LogP contribution in [0.1, 0.15) is 48.1 Å². The zero-order chi connectivity index (χ0) is 17.8. The molecule has 0 saturated carbocycles. The van der Waals surface area contributed by atoms with Crippen molar-refractivity contribution in [3.63, 3.8) is 0 Å². The third-order valence-electron chi connectivity index (χ3n) is 4.26. The molecular formula is C19H21N3O3. The van der Waals surface area contributed by atoms with Gasteiger partial charge in [0.15, 0.2) is 5.76 Å². The van der Waals surface area contributed by atoms with Crippen LogP contribution in [0.25, 0.3) is 11.6 Å². The van der Waals surface area contributed by atoms with E-state index in [1.54, 1.807) is 30.5 Å². The van der Waals surface area contributed by atoms with Gasteiger partial charge in [-0.15, -0.1) is 0 Å². The van der Waals surface area contributed by atoms with E-state index in [0.29, 0.717) is 23.0 Å². The number of hydrogen-bond donors (Lipinski definition) is 1. The highest BCUT2D eigenvalue weighted by Gasteiger charge is 2.27. The molecule has 0 aliphatic heterocycles. The Bertz CT molecular complexity index is 822. The summed E-state index contributed by atoms with van der Waals surface area (Å²) in [7, 11) is 0. The van der Waals surface area contributed by atoms with E-state index in [0.717, 1.165) is 12.0 Å². The minimum absolute atomic E-state index is 0.138. The molecule has 3 aromatic rings. The van der Waals surface area contributed by atoms with Crippen LogP contribution in [0.3, 0.4) is 0 Å². The molecule has 0 unspecified atom stereocenters. The van der Waals surface area contributed by atoms with Crippen LogP contribution in [0.2, 0.25) is 0 Å². The zero-order valence-corrected chi connectivity index (χ0v) is 14.5. The summed E-state index contributed by atoms with van der Waals surface area (Å²) in [6.07, 6.45) is 2.41. The summed E-state index contributed by atoms with van der Waals surface area (Å²) in [5.41, 5.74) is 1.71. The van der Waals surface area contributed by atoms with Gasteiger partial charge < -0.3 is 14.3 Å². The minimum Gasteiger partial charge on any atom is -0.461 e. The smallest absolute Gasteiger partial charge is 0.251 e. The molecule has 0 fully saturated rings. The van der Waals surface area contributed by atoms with Gasteiger partial charge in [0.25, 0.3) is 5.91 Å². The van der Waals surface area contributed by atoms with Gasteiger partial charge in [0, 0.05) is 5.56 Å². The van der Waals surface area contributed by atoms with E-state index in [1.165, 1.54) is 0 Å². The molecule has 130 valence electrons. The lowest BCUT2D eigenvalue weighted by Gasteiger charge is -2.20. The first-order valence-electron chi connectivity index (χ1n) is 8.33. The lowest BCUT2D eigenvalue weighted by atomic mass is 9.98. The summed E-state index contributed by atoms with van der Waals surface area (Å²) in [6, 6.07) is 10.6. The lowest BCUT2D eigenvalue weighted by molar-refractivity contribution is 0.0910. The molecule has 0 aliphatic carbocycles. The molecule has 2 heterocycles. The Hall–Kier alpha value is -2.89. The Kier molecular flexibility index (Phi) is 4.97. The molecule has 6 heteroatoms. The molecule has 2 aromatic heterocycles. The Morgan fingerprint density at radius 1 is 1.24 bits per heavy atom. The number of hydrogen-bond acceptors (Lipinski definition) is 5. The molecule has 3 rings (SSSR count). The average Bonchev–Trinajstić information content (AvgIpc) is 3.30. The van der Waals surface area contributed by atoms with Gasteiger partial charge in [-0.05, 0) is 37.1 Å². The van der Waals surface area contributed by atoms with Crippen molar-refractivity contribution in [2.75, 3.05) is 0 Å². The van der Waals surface area contributed by atoms with Crippen molar-refractivity contribution in [2.45, 2.75) is 33.2 Å². The fraction of sp³-hybridized carbons (Fsp3) is 0.316. The normalized spacial score (nSPS) is 13.4. The maximum Gasteiger partial charge on any atom is 0.251 e. The van der Waals surface area contributed by atoms with Crippen LogP contribution in [-0.4, -0.2) is 16.0 Å². The van der Waals surface area contributed by atoms with Crippen molar-refractivity contribution in [2.24, 2.45) is 5.92 Å². The van der Waals surface area contributed by atoms with Gasteiger partial charge in [0.05, 0.1) is 6.26 Å². The van der Waals surface area contributed by atoms with Gasteiger partial charge in [0.2, 0.25) is 11.7 Å². The summed E-state index contributed by atoms with van der Waals surface area (Å²) in [5.74, 6) is 1.25. The molecule has 0 radical (unpaired) electrons. The standard InChI is InChI=1S/C19H21N3O3/c1-4-13(3)16(20-18(23)14-9-7-12(2)8-10-14)19-21-17(22-25-19)15-6-5-11-24-15/h5-11,13,16H,4H2,1-3H3,(H,20,23)/t13-,16-/m1/s1. The van der Waals surface area contributed by atoms with Gasteiger partial charge in [-0.3, -0.25) is 4.79 Å². The highest BCUT2D eigenvalue weighted by molar-refractivity contribution is 5.94. The predicted molar refractivity (Wildman–Crippen MR) is 92.8 cm³/mol. The SMILES string of the molecule is CC[C@@H](C)[C@@H](NC(=O)c1ccc(C)cc1)c1nc(-c2ccco2)no1. The van der Waals surface area contributed by atoms with E-state index < -0.39 is 0 Å². The van der Waals surface area contributed by atoms with Crippen molar-refractivity contribution in [3.8, 4) is 11.6 Å². The predicted octanol–water partition coefficient (Wildman–Crippen LogP) is 4.16. The van der Waals surface area contributed by atoms with Crippen molar-refractivity contribution < 1.29 is 13.7 Å². The lowest BCUT2D eigenvalue weighted by Crippen LogP contribution is -2.32. The number of rotatable bonds is 6. The van der Waals surface area contributed by atoms with Crippen molar-refractivity contribution in [3.05, 3.63) is 59.7 Å². The van der Waals surface area contributed by atoms with Crippen LogP contribution >= 0.6 is 0 Å². The number of nitrogens with one attached hydrogen (secondary N) is 1. The first kappa shape index (κ1) is 17.0. The molecule has 2 atom stereocenters. The number of carbonyl (C=O) groups is 1. The molecule has 6 nitrogen and oxygen atoms in total. The Balaban J connectivity index is 1.82. The van der Waals surface area contributed by atoms with Gasteiger partial charge in [-0.2, -0.15) is 4.98 Å². The highest BCUT2D eigenvalue weighted by Crippen LogP contribution is 2.26. The van der Waals surface area contributed by atoms with Gasteiger partial charge in [-0.1, -0.05) is 43.1 Å². The molecule has 1 N–H and O–H groups in total. The number of furan rings is 1. The van der Waals surface area contributed by atoms with Gasteiger partial charge in [-0.25, -0.2) is 0 Å². The number of aromatic nitrogens is 2. The molecule has 0 aliphatic rings. The molecule has 25 heavy (non-hydrogen) atoms. The maximum absolute atomic E-state index is 12.6. The molecule has 0 bridgehead atoms.